The molecule has 0 spiro atoms. The fourth-order valence-electron chi connectivity index (χ4n) is 0.499. The summed E-state index contributed by atoms with van der Waals surface area (Å²) in [4.78, 5) is 2.42. The maximum absolute atomic E-state index is 8.57. The fraction of sp³-hybridized carbons (Fsp3) is 0.250. The van der Waals surface area contributed by atoms with E-state index >= 15 is 0 Å². The van der Waals surface area contributed by atoms with Crippen LogP contribution < -0.4 is 4.73 Å². The second kappa shape index (κ2) is 2.04. The highest BCUT2D eigenvalue weighted by Crippen LogP contribution is 1.99. The summed E-state index contributed by atoms with van der Waals surface area (Å²) >= 11 is 0. The number of aliphatic hydroxyl groups excluding tert-OH is 1. The van der Waals surface area contributed by atoms with Gasteiger partial charge >= 0.3 is 0 Å². The first-order valence-corrected chi connectivity index (χ1v) is 2.35. The third-order valence-corrected chi connectivity index (χ3v) is 0.913. The van der Waals surface area contributed by atoms with Crippen LogP contribution in [0.2, 0.25) is 0 Å². The molecule has 0 aromatic carbocycles. The van der Waals surface area contributed by atoms with Crippen LogP contribution in [-0.4, -0.2) is 20.4 Å². The van der Waals surface area contributed by atoms with Gasteiger partial charge in [-0.15, -0.1) is 0 Å². The lowest BCUT2D eigenvalue weighted by Gasteiger charge is -1.89. The molecular weight excluding hydrogens is 124 g/mol. The molecule has 0 amide bonds. The molecule has 1 aromatic rings. The minimum absolute atomic E-state index is 0.150. The van der Waals surface area contributed by atoms with E-state index in [2.05, 4.69) is 4.98 Å². The predicted octanol–water partition coefficient (Wildman–Crippen LogP) is -1.48. The third-order valence-electron chi connectivity index (χ3n) is 0.913. The Morgan fingerprint density at radius 1 is 1.56 bits per heavy atom. The van der Waals surface area contributed by atoms with Crippen LogP contribution >= 0.6 is 0 Å². The Bertz CT molecular complexity index is 195. The quantitative estimate of drug-likeness (QED) is 0.213. The summed E-state index contributed by atoms with van der Waals surface area (Å²) in [5, 5.41) is 25.4. The fourth-order valence-corrected chi connectivity index (χ4v) is 0.499. The Balaban J connectivity index is 2.85. The minimum atomic E-state index is -1.56. The molecule has 0 radical (unpaired) electrons. The largest absolute Gasteiger partial charge is 0.361 e. The molecule has 0 aliphatic carbocycles. The Kier molecular flexibility index (Phi) is 1.37. The van der Waals surface area contributed by atoms with Crippen molar-refractivity contribution in [1.82, 2.24) is 4.98 Å². The van der Waals surface area contributed by atoms with Crippen molar-refractivity contribution in [3.05, 3.63) is 18.2 Å². The smallest absolute Gasteiger partial charge is 0.282 e. The van der Waals surface area contributed by atoms with Gasteiger partial charge in [0.05, 0.1) is 0 Å². The molecule has 50 valence electrons. The van der Waals surface area contributed by atoms with Crippen molar-refractivity contribution in [1.29, 1.82) is 0 Å². The minimum Gasteiger partial charge on any atom is -0.361 e. The van der Waals surface area contributed by atoms with E-state index in [1.165, 1.54) is 6.33 Å². The summed E-state index contributed by atoms with van der Waals surface area (Å²) in [6, 6.07) is 0. The lowest BCUT2D eigenvalue weighted by atomic mass is 10.5. The molecule has 0 saturated carbocycles. The predicted molar refractivity (Wildman–Crippen MR) is 25.4 cm³/mol. The van der Waals surface area contributed by atoms with Crippen LogP contribution in [0.4, 0.5) is 0 Å². The second-order valence-corrected chi connectivity index (χ2v) is 1.61. The number of hydrogen-bond acceptors (Lipinski definition) is 3. The van der Waals surface area contributed by atoms with Crippen molar-refractivity contribution >= 4 is 0 Å². The Labute approximate surface area is 50.8 Å². The van der Waals surface area contributed by atoms with E-state index in [1.54, 1.807) is 0 Å². The van der Waals surface area contributed by atoms with Crippen LogP contribution in [0.5, 0.6) is 0 Å². The number of nitrogens with one attached hydrogen (secondary N) is 1. The molecule has 9 heavy (non-hydrogen) atoms. The Hall–Kier alpha value is -1.07. The van der Waals surface area contributed by atoms with Gasteiger partial charge in [0.1, 0.15) is 0 Å². The highest BCUT2D eigenvalue weighted by molar-refractivity contribution is 4.89. The number of aliphatic hydroxyl groups is 2. The van der Waals surface area contributed by atoms with E-state index in [-0.39, 0.29) is 5.69 Å². The molecule has 0 aliphatic heterocycles. The summed E-state index contributed by atoms with van der Waals surface area (Å²) < 4.78 is 0.703. The molecule has 5 nitrogen and oxygen atoms in total. The van der Waals surface area contributed by atoms with Gasteiger partial charge in [0, 0.05) is 0 Å². The van der Waals surface area contributed by atoms with Gasteiger partial charge in [-0.1, -0.05) is 4.73 Å². The van der Waals surface area contributed by atoms with Gasteiger partial charge in [-0.25, -0.2) is 4.98 Å². The Morgan fingerprint density at radius 3 is 2.44 bits per heavy atom. The van der Waals surface area contributed by atoms with Gasteiger partial charge in [0.2, 0.25) is 12.0 Å². The standard InChI is InChI=1S/C4H6N2O3/c7-4(8)3-1-6(9)2-5-3/h1-2,4,7-9H/p+1. The van der Waals surface area contributed by atoms with E-state index in [0.717, 1.165) is 6.20 Å². The normalized spacial score (nSPS) is 10.6. The third kappa shape index (κ3) is 1.18. The second-order valence-electron chi connectivity index (χ2n) is 1.61. The molecule has 0 fully saturated rings. The number of aromatic nitrogens is 2. The molecule has 0 saturated heterocycles. The molecule has 1 aromatic heterocycles. The number of nitrogens with zero attached hydrogens (tertiary/aromatic N) is 1. The van der Waals surface area contributed by atoms with E-state index < -0.39 is 6.29 Å². The first-order chi connectivity index (χ1) is 4.20. The average molecular weight is 131 g/mol. The van der Waals surface area contributed by atoms with E-state index in [1.807, 2.05) is 0 Å². The highest BCUT2D eigenvalue weighted by Gasteiger charge is 2.10. The molecule has 0 bridgehead atoms. The topological polar surface area (TPSA) is 80.4 Å². The monoisotopic (exact) mass is 131 g/mol. The molecule has 1 heterocycles. The summed E-state index contributed by atoms with van der Waals surface area (Å²) in [6.07, 6.45) is 0.790. The maximum Gasteiger partial charge on any atom is 0.282 e. The summed E-state index contributed by atoms with van der Waals surface area (Å²) in [5.74, 6) is 0. The van der Waals surface area contributed by atoms with Crippen LogP contribution in [0.15, 0.2) is 12.5 Å². The Morgan fingerprint density at radius 2 is 2.22 bits per heavy atom. The summed E-state index contributed by atoms with van der Waals surface area (Å²) in [5.41, 5.74) is 0.150. The molecule has 0 atom stereocenters. The average Bonchev–Trinajstić information content (AvgIpc) is 2.14. The van der Waals surface area contributed by atoms with Gasteiger partial charge in [0.25, 0.3) is 6.33 Å². The van der Waals surface area contributed by atoms with Crippen molar-refractivity contribution in [3.63, 3.8) is 0 Å². The molecule has 0 aliphatic rings. The van der Waals surface area contributed by atoms with Crippen molar-refractivity contribution < 1.29 is 20.2 Å². The maximum atomic E-state index is 8.57. The first-order valence-electron chi connectivity index (χ1n) is 2.35. The highest BCUT2D eigenvalue weighted by atomic mass is 16.5. The van der Waals surface area contributed by atoms with E-state index in [4.69, 9.17) is 15.4 Å². The van der Waals surface area contributed by atoms with Gasteiger partial charge in [-0.2, -0.15) is 0 Å². The lowest BCUT2D eigenvalue weighted by Crippen LogP contribution is -2.25. The van der Waals surface area contributed by atoms with Gasteiger partial charge < -0.3 is 15.4 Å². The zero-order chi connectivity index (χ0) is 6.85. The number of rotatable bonds is 1. The van der Waals surface area contributed by atoms with E-state index in [0.29, 0.717) is 4.73 Å². The lowest BCUT2D eigenvalue weighted by molar-refractivity contribution is -0.904. The first kappa shape index (κ1) is 6.06. The zero-order valence-corrected chi connectivity index (χ0v) is 4.52. The molecular formula is C4H7N2O3+. The van der Waals surface area contributed by atoms with Gasteiger partial charge in [0.15, 0.2) is 6.20 Å². The number of hydrogen-bond donors (Lipinski definition) is 4. The SMILES string of the molecule is OC(O)c1c[n+](O)c[nH]1. The van der Waals surface area contributed by atoms with Gasteiger partial charge in [-0.05, 0) is 0 Å². The van der Waals surface area contributed by atoms with Crippen LogP contribution in [0.3, 0.4) is 0 Å². The summed E-state index contributed by atoms with van der Waals surface area (Å²) in [7, 11) is 0. The van der Waals surface area contributed by atoms with Crippen molar-refractivity contribution in [2.75, 3.05) is 0 Å². The van der Waals surface area contributed by atoms with Crippen LogP contribution in [0.1, 0.15) is 12.0 Å². The molecule has 1 rings (SSSR count). The summed E-state index contributed by atoms with van der Waals surface area (Å²) in [6.45, 7) is 0. The van der Waals surface area contributed by atoms with Crippen LogP contribution in [0, 0.1) is 0 Å². The molecule has 0 unspecified atom stereocenters. The van der Waals surface area contributed by atoms with Crippen molar-refractivity contribution in [2.24, 2.45) is 0 Å². The van der Waals surface area contributed by atoms with Crippen LogP contribution in [0.25, 0.3) is 0 Å². The van der Waals surface area contributed by atoms with Crippen LogP contribution in [-0.2, 0) is 0 Å². The van der Waals surface area contributed by atoms with Gasteiger partial charge in [-0.3, -0.25) is 0 Å². The van der Waals surface area contributed by atoms with E-state index in [9.17, 15) is 0 Å². The number of H-pyrrole nitrogens is 1. The zero-order valence-electron chi connectivity index (χ0n) is 4.52. The number of imidazole rings is 1. The number of aromatic amines is 1. The van der Waals surface area contributed by atoms with Crippen molar-refractivity contribution in [2.45, 2.75) is 6.29 Å². The molecule has 4 N–H and O–H groups in total. The van der Waals surface area contributed by atoms with Crippen molar-refractivity contribution in [3.8, 4) is 0 Å². The molecule has 5 heteroatoms.